The topological polar surface area (TPSA) is 314 Å². The SMILES string of the molecule is C/C(=C/C(=O)NNc1ccccc1)C(=O)O.C=C(CC(=O)NNc1ccccc1)C(=O)O.O=C(O)/C=C\C(=O)NNc1ccccc1.O=C(O)CCC(=O)NNc1ccccc1. The lowest BCUT2D eigenvalue weighted by molar-refractivity contribution is -0.138. The van der Waals surface area contributed by atoms with Crippen molar-refractivity contribution in [3.63, 3.8) is 0 Å². The van der Waals surface area contributed by atoms with E-state index in [1.807, 2.05) is 72.8 Å². The summed E-state index contributed by atoms with van der Waals surface area (Å²) < 4.78 is 0. The second-order valence-electron chi connectivity index (χ2n) is 11.8. The number of carbonyl (C=O) groups excluding carboxylic acids is 4. The van der Waals surface area contributed by atoms with Gasteiger partial charge in [-0.3, -0.25) is 67.4 Å². The van der Waals surface area contributed by atoms with Crippen molar-refractivity contribution in [2.75, 3.05) is 21.7 Å². The highest BCUT2D eigenvalue weighted by Gasteiger charge is 2.09. The Morgan fingerprint density at radius 1 is 0.484 bits per heavy atom. The largest absolute Gasteiger partial charge is 0.481 e. The highest BCUT2D eigenvalue weighted by Crippen LogP contribution is 2.06. The van der Waals surface area contributed by atoms with Crippen LogP contribution in [-0.4, -0.2) is 67.9 Å². The predicted octanol–water partition coefficient (Wildman–Crippen LogP) is 4.09. The minimum absolute atomic E-state index is 0.0210. The van der Waals surface area contributed by atoms with E-state index >= 15 is 0 Å². The minimum Gasteiger partial charge on any atom is -0.481 e. The Morgan fingerprint density at radius 2 is 0.855 bits per heavy atom. The van der Waals surface area contributed by atoms with E-state index in [9.17, 15) is 38.4 Å². The van der Waals surface area contributed by atoms with Gasteiger partial charge in [-0.05, 0) is 55.5 Å². The molecule has 0 aliphatic heterocycles. The van der Waals surface area contributed by atoms with Crippen LogP contribution < -0.4 is 43.4 Å². The number of nitrogens with one attached hydrogen (secondary N) is 8. The molecule has 20 heteroatoms. The lowest BCUT2D eigenvalue weighted by Gasteiger charge is -2.07. The summed E-state index contributed by atoms with van der Waals surface area (Å²) in [6.07, 6.45) is 2.27. The zero-order valence-corrected chi connectivity index (χ0v) is 33.2. The van der Waals surface area contributed by atoms with Crippen molar-refractivity contribution >= 4 is 70.3 Å². The van der Waals surface area contributed by atoms with Gasteiger partial charge in [0.2, 0.25) is 11.8 Å². The summed E-state index contributed by atoms with van der Waals surface area (Å²) in [5.41, 5.74) is 22.8. The third-order valence-corrected chi connectivity index (χ3v) is 6.75. The second-order valence-corrected chi connectivity index (χ2v) is 11.8. The number of anilines is 4. The number of carbonyl (C=O) groups is 8. The summed E-state index contributed by atoms with van der Waals surface area (Å²) in [7, 11) is 0. The van der Waals surface area contributed by atoms with E-state index in [1.165, 1.54) is 6.92 Å². The van der Waals surface area contributed by atoms with Gasteiger partial charge < -0.3 is 20.4 Å². The van der Waals surface area contributed by atoms with E-state index in [0.29, 0.717) is 0 Å². The standard InChI is InChI=1S/2C11H12N2O3.C10H12N2O3.C10H10N2O3/c2*1-8(11(15)16)7-10(14)13-12-9-5-3-2-4-6-9;2*13-9(6-7-10(14)15)12-11-8-4-2-1-3-5-8/h2-7,12H,1H3,(H,13,14)(H,15,16);2-6,12H,1,7H2,(H,13,14)(H,15,16);1-5,11H,6-7H2,(H,12,13)(H,14,15);1-7,11H,(H,12,13)(H,14,15)/b8-7-;;;7-6-. The monoisotopic (exact) mass is 854 g/mol. The number of hydrogen-bond acceptors (Lipinski definition) is 12. The van der Waals surface area contributed by atoms with Gasteiger partial charge in [0.15, 0.2) is 0 Å². The summed E-state index contributed by atoms with van der Waals surface area (Å²) >= 11 is 0. The van der Waals surface area contributed by atoms with Crippen molar-refractivity contribution in [3.05, 3.63) is 157 Å². The maximum absolute atomic E-state index is 11.2. The summed E-state index contributed by atoms with van der Waals surface area (Å²) in [5.74, 6) is -6.26. The lowest BCUT2D eigenvalue weighted by Crippen LogP contribution is -2.30. The summed E-state index contributed by atoms with van der Waals surface area (Å²) in [6, 6.07) is 36.1. The van der Waals surface area contributed by atoms with Crippen LogP contribution in [0.25, 0.3) is 0 Å². The average Bonchev–Trinajstić information content (AvgIpc) is 3.26. The van der Waals surface area contributed by atoms with Gasteiger partial charge in [-0.1, -0.05) is 79.4 Å². The predicted molar refractivity (Wildman–Crippen MR) is 229 cm³/mol. The Balaban J connectivity index is 0.000000414. The van der Waals surface area contributed by atoms with Crippen LogP contribution in [0.2, 0.25) is 0 Å². The molecule has 4 rings (SSSR count). The summed E-state index contributed by atoms with van der Waals surface area (Å²) in [4.78, 5) is 85.7. The molecular weight excluding hydrogens is 809 g/mol. The summed E-state index contributed by atoms with van der Waals surface area (Å²) in [6.45, 7) is 4.61. The van der Waals surface area contributed by atoms with Crippen molar-refractivity contribution in [1.29, 1.82) is 0 Å². The lowest BCUT2D eigenvalue weighted by atomic mass is 10.2. The molecule has 0 atom stereocenters. The summed E-state index contributed by atoms with van der Waals surface area (Å²) in [5, 5.41) is 33.7. The van der Waals surface area contributed by atoms with Crippen molar-refractivity contribution in [3.8, 4) is 0 Å². The van der Waals surface area contributed by atoms with Gasteiger partial charge in [-0.15, -0.1) is 0 Å². The number of carboxylic acid groups (broad SMARTS) is 4. The molecule has 0 saturated carbocycles. The van der Waals surface area contributed by atoms with E-state index in [-0.39, 0.29) is 36.3 Å². The van der Waals surface area contributed by atoms with Crippen LogP contribution in [0.15, 0.2) is 157 Å². The third-order valence-electron chi connectivity index (χ3n) is 6.75. The number of benzene rings is 4. The maximum atomic E-state index is 11.2. The van der Waals surface area contributed by atoms with Crippen LogP contribution >= 0.6 is 0 Å². The maximum Gasteiger partial charge on any atom is 0.331 e. The molecule has 326 valence electrons. The van der Waals surface area contributed by atoms with Gasteiger partial charge in [-0.25, -0.2) is 14.4 Å². The fourth-order valence-electron chi connectivity index (χ4n) is 3.72. The second kappa shape index (κ2) is 30.2. The molecule has 0 fully saturated rings. The van der Waals surface area contributed by atoms with Crippen LogP contribution in [-0.2, 0) is 38.4 Å². The van der Waals surface area contributed by atoms with Crippen LogP contribution in [0.5, 0.6) is 0 Å². The van der Waals surface area contributed by atoms with Crippen molar-refractivity contribution in [2.45, 2.75) is 26.2 Å². The molecule has 0 heterocycles. The van der Waals surface area contributed by atoms with Crippen molar-refractivity contribution < 1.29 is 58.8 Å². The first-order valence-electron chi connectivity index (χ1n) is 17.9. The molecule has 0 aromatic heterocycles. The highest BCUT2D eigenvalue weighted by atomic mass is 16.4. The molecule has 0 spiro atoms. The number of amides is 4. The van der Waals surface area contributed by atoms with Gasteiger partial charge in [0.05, 0.1) is 35.6 Å². The first-order valence-corrected chi connectivity index (χ1v) is 17.9. The van der Waals surface area contributed by atoms with E-state index in [1.54, 1.807) is 48.5 Å². The fraction of sp³-hybridized carbons (Fsp3) is 0.0952. The first kappa shape index (κ1) is 51.1. The molecule has 0 bridgehead atoms. The van der Waals surface area contributed by atoms with Gasteiger partial charge in [0, 0.05) is 35.8 Å². The van der Waals surface area contributed by atoms with Crippen molar-refractivity contribution in [2.24, 2.45) is 0 Å². The van der Waals surface area contributed by atoms with Crippen LogP contribution in [0, 0.1) is 0 Å². The zero-order valence-electron chi connectivity index (χ0n) is 33.2. The van der Waals surface area contributed by atoms with Gasteiger partial charge in [0.25, 0.3) is 11.8 Å². The number of aliphatic carboxylic acids is 4. The molecule has 12 N–H and O–H groups in total. The zero-order chi connectivity index (χ0) is 46.1. The molecule has 20 nitrogen and oxygen atoms in total. The molecule has 0 radical (unpaired) electrons. The number of para-hydroxylation sites is 4. The Kier molecular flexibility index (Phi) is 24.9. The van der Waals surface area contributed by atoms with Gasteiger partial charge in [-0.2, -0.15) is 0 Å². The van der Waals surface area contributed by atoms with Gasteiger partial charge >= 0.3 is 23.9 Å². The molecule has 0 unspecified atom stereocenters. The Hall–Kier alpha value is -8.94. The molecule has 0 aliphatic rings. The number of hydrazine groups is 4. The van der Waals surface area contributed by atoms with E-state index < -0.39 is 41.6 Å². The Labute approximate surface area is 355 Å². The van der Waals surface area contributed by atoms with Crippen LogP contribution in [0.4, 0.5) is 22.7 Å². The molecule has 4 aromatic rings. The third kappa shape index (κ3) is 26.8. The minimum atomic E-state index is -1.17. The van der Waals surface area contributed by atoms with Gasteiger partial charge in [0.1, 0.15) is 0 Å². The smallest absolute Gasteiger partial charge is 0.331 e. The van der Waals surface area contributed by atoms with E-state index in [4.69, 9.17) is 20.4 Å². The molecule has 0 saturated heterocycles. The number of carboxylic acids is 4. The molecule has 4 aromatic carbocycles. The van der Waals surface area contributed by atoms with Crippen LogP contribution in [0.1, 0.15) is 26.2 Å². The molecule has 4 amide bonds. The number of rotatable bonds is 18. The fourth-order valence-corrected chi connectivity index (χ4v) is 3.72. The average molecular weight is 855 g/mol. The quantitative estimate of drug-likeness (QED) is 0.0495. The van der Waals surface area contributed by atoms with E-state index in [0.717, 1.165) is 41.0 Å². The molecule has 62 heavy (non-hydrogen) atoms. The first-order chi connectivity index (χ1) is 29.5. The normalized spacial score (nSPS) is 9.79. The van der Waals surface area contributed by atoms with Crippen LogP contribution in [0.3, 0.4) is 0 Å². The van der Waals surface area contributed by atoms with Crippen molar-refractivity contribution in [1.82, 2.24) is 21.7 Å². The molecule has 0 aliphatic carbocycles. The highest BCUT2D eigenvalue weighted by molar-refractivity contribution is 5.97. The Bertz CT molecular complexity index is 2140. The van der Waals surface area contributed by atoms with E-state index in [2.05, 4.69) is 50.0 Å². The molecular formula is C42H46N8O12. The number of hydrogen-bond donors (Lipinski definition) is 12. The Morgan fingerprint density at radius 3 is 1.21 bits per heavy atom.